The SMILES string of the molecule is Cc1ccc2[nH]c(C(CN)c3ccccc3)c(C)c2c1. The summed E-state index contributed by atoms with van der Waals surface area (Å²) in [6.45, 7) is 4.92. The van der Waals surface area contributed by atoms with Crippen LogP contribution in [0, 0.1) is 13.8 Å². The zero-order valence-corrected chi connectivity index (χ0v) is 12.0. The maximum Gasteiger partial charge on any atom is 0.0459 e. The summed E-state index contributed by atoms with van der Waals surface area (Å²) >= 11 is 0. The Labute approximate surface area is 119 Å². The summed E-state index contributed by atoms with van der Waals surface area (Å²) in [5.41, 5.74) is 12.3. The number of aromatic nitrogens is 1. The van der Waals surface area contributed by atoms with Crippen molar-refractivity contribution in [1.82, 2.24) is 4.98 Å². The van der Waals surface area contributed by atoms with Crippen LogP contribution in [0.1, 0.15) is 28.3 Å². The molecule has 1 atom stereocenters. The van der Waals surface area contributed by atoms with Crippen molar-refractivity contribution in [3.8, 4) is 0 Å². The smallest absolute Gasteiger partial charge is 0.0459 e. The van der Waals surface area contributed by atoms with E-state index in [-0.39, 0.29) is 5.92 Å². The van der Waals surface area contributed by atoms with E-state index in [9.17, 15) is 0 Å². The number of aromatic amines is 1. The maximum absolute atomic E-state index is 6.04. The van der Waals surface area contributed by atoms with Crippen LogP contribution < -0.4 is 5.73 Å². The molecule has 0 spiro atoms. The lowest BCUT2D eigenvalue weighted by Gasteiger charge is -2.15. The number of H-pyrrole nitrogens is 1. The molecule has 3 aromatic rings. The van der Waals surface area contributed by atoms with E-state index in [1.54, 1.807) is 0 Å². The van der Waals surface area contributed by atoms with E-state index in [0.29, 0.717) is 6.54 Å². The first-order valence-electron chi connectivity index (χ1n) is 7.04. The second kappa shape index (κ2) is 5.14. The molecule has 1 heterocycles. The van der Waals surface area contributed by atoms with Gasteiger partial charge in [-0.05, 0) is 37.1 Å². The minimum absolute atomic E-state index is 0.226. The monoisotopic (exact) mass is 264 g/mol. The van der Waals surface area contributed by atoms with Gasteiger partial charge in [0, 0.05) is 29.1 Å². The fraction of sp³-hybridized carbons (Fsp3) is 0.222. The van der Waals surface area contributed by atoms with Crippen molar-refractivity contribution < 1.29 is 0 Å². The van der Waals surface area contributed by atoms with Crippen molar-refractivity contribution in [3.05, 3.63) is 70.9 Å². The van der Waals surface area contributed by atoms with Crippen LogP contribution in [0.5, 0.6) is 0 Å². The van der Waals surface area contributed by atoms with Crippen LogP contribution in [-0.2, 0) is 0 Å². The van der Waals surface area contributed by atoms with Crippen LogP contribution in [0.2, 0.25) is 0 Å². The summed E-state index contributed by atoms with van der Waals surface area (Å²) in [6.07, 6.45) is 0. The number of hydrogen-bond donors (Lipinski definition) is 2. The van der Waals surface area contributed by atoms with E-state index in [1.165, 1.54) is 33.3 Å². The Morgan fingerprint density at radius 2 is 1.80 bits per heavy atom. The largest absolute Gasteiger partial charge is 0.358 e. The zero-order chi connectivity index (χ0) is 14.1. The fourth-order valence-electron chi connectivity index (χ4n) is 2.92. The molecule has 0 saturated heterocycles. The van der Waals surface area contributed by atoms with Crippen LogP contribution >= 0.6 is 0 Å². The molecule has 0 aliphatic carbocycles. The molecule has 0 aliphatic heterocycles. The van der Waals surface area contributed by atoms with Gasteiger partial charge >= 0.3 is 0 Å². The van der Waals surface area contributed by atoms with Gasteiger partial charge in [-0.1, -0.05) is 42.0 Å². The Morgan fingerprint density at radius 1 is 1.05 bits per heavy atom. The third-order valence-electron chi connectivity index (χ3n) is 4.04. The Hall–Kier alpha value is -2.06. The van der Waals surface area contributed by atoms with Crippen LogP contribution in [0.4, 0.5) is 0 Å². The summed E-state index contributed by atoms with van der Waals surface area (Å²) in [5, 5.41) is 1.30. The standard InChI is InChI=1S/C18H20N2/c1-12-8-9-17-15(10-12)13(2)18(20-17)16(11-19)14-6-4-3-5-7-14/h3-10,16,20H,11,19H2,1-2H3. The average Bonchev–Trinajstić information content (AvgIpc) is 2.78. The summed E-state index contributed by atoms with van der Waals surface area (Å²) in [7, 11) is 0. The number of benzene rings is 2. The van der Waals surface area contributed by atoms with Crippen LogP contribution in [0.25, 0.3) is 10.9 Å². The molecule has 0 bridgehead atoms. The predicted octanol–water partition coefficient (Wildman–Crippen LogP) is 3.88. The van der Waals surface area contributed by atoms with E-state index in [4.69, 9.17) is 5.73 Å². The van der Waals surface area contributed by atoms with Gasteiger partial charge in [-0.25, -0.2) is 0 Å². The third-order valence-corrected chi connectivity index (χ3v) is 4.04. The number of fused-ring (bicyclic) bond motifs is 1. The van der Waals surface area contributed by atoms with Gasteiger partial charge in [0.15, 0.2) is 0 Å². The number of rotatable bonds is 3. The molecule has 2 nitrogen and oxygen atoms in total. The zero-order valence-electron chi connectivity index (χ0n) is 12.0. The lowest BCUT2D eigenvalue weighted by Crippen LogP contribution is -2.15. The van der Waals surface area contributed by atoms with E-state index in [1.807, 2.05) is 6.07 Å². The number of nitrogens with one attached hydrogen (secondary N) is 1. The van der Waals surface area contributed by atoms with Crippen molar-refractivity contribution in [2.24, 2.45) is 5.73 Å². The number of nitrogens with two attached hydrogens (primary N) is 1. The molecular weight excluding hydrogens is 244 g/mol. The molecule has 1 aromatic heterocycles. The second-order valence-corrected chi connectivity index (χ2v) is 5.41. The quantitative estimate of drug-likeness (QED) is 0.740. The van der Waals surface area contributed by atoms with Gasteiger partial charge in [0.2, 0.25) is 0 Å². The van der Waals surface area contributed by atoms with Crippen molar-refractivity contribution in [1.29, 1.82) is 0 Å². The highest BCUT2D eigenvalue weighted by Gasteiger charge is 2.18. The molecule has 1 unspecified atom stereocenters. The molecule has 0 fully saturated rings. The molecule has 0 amide bonds. The van der Waals surface area contributed by atoms with Crippen LogP contribution in [0.3, 0.4) is 0 Å². The van der Waals surface area contributed by atoms with E-state index in [2.05, 4.69) is 61.3 Å². The lowest BCUT2D eigenvalue weighted by molar-refractivity contribution is 0.791. The second-order valence-electron chi connectivity index (χ2n) is 5.41. The average molecular weight is 264 g/mol. The van der Waals surface area contributed by atoms with E-state index < -0.39 is 0 Å². The highest BCUT2D eigenvalue weighted by atomic mass is 14.7. The normalized spacial score (nSPS) is 12.8. The minimum Gasteiger partial charge on any atom is -0.358 e. The first-order chi connectivity index (χ1) is 9.70. The number of aryl methyl sites for hydroxylation is 2. The van der Waals surface area contributed by atoms with Crippen LogP contribution in [-0.4, -0.2) is 11.5 Å². The highest BCUT2D eigenvalue weighted by molar-refractivity contribution is 5.85. The lowest BCUT2D eigenvalue weighted by atomic mass is 9.93. The van der Waals surface area contributed by atoms with Gasteiger partial charge in [0.05, 0.1) is 0 Å². The van der Waals surface area contributed by atoms with E-state index >= 15 is 0 Å². The van der Waals surface area contributed by atoms with Gasteiger partial charge in [0.25, 0.3) is 0 Å². The molecule has 3 N–H and O–H groups in total. The first kappa shape index (κ1) is 12.9. The molecule has 102 valence electrons. The molecule has 0 aliphatic rings. The molecule has 20 heavy (non-hydrogen) atoms. The Bertz CT molecular complexity index is 726. The summed E-state index contributed by atoms with van der Waals surface area (Å²) in [5.74, 6) is 0.226. The van der Waals surface area contributed by atoms with Crippen LogP contribution in [0.15, 0.2) is 48.5 Å². The van der Waals surface area contributed by atoms with Crippen molar-refractivity contribution in [3.63, 3.8) is 0 Å². The van der Waals surface area contributed by atoms with Crippen molar-refractivity contribution >= 4 is 10.9 Å². The predicted molar refractivity (Wildman–Crippen MR) is 85.1 cm³/mol. The molecule has 0 saturated carbocycles. The molecule has 2 heteroatoms. The molecular formula is C18H20N2. The van der Waals surface area contributed by atoms with Gasteiger partial charge in [-0.2, -0.15) is 0 Å². The maximum atomic E-state index is 6.04. The van der Waals surface area contributed by atoms with Gasteiger partial charge < -0.3 is 10.7 Å². The number of hydrogen-bond acceptors (Lipinski definition) is 1. The third kappa shape index (κ3) is 2.12. The highest BCUT2D eigenvalue weighted by Crippen LogP contribution is 2.31. The Morgan fingerprint density at radius 3 is 2.50 bits per heavy atom. The molecule has 2 aromatic carbocycles. The van der Waals surface area contributed by atoms with Gasteiger partial charge in [-0.3, -0.25) is 0 Å². The van der Waals surface area contributed by atoms with Crippen molar-refractivity contribution in [2.75, 3.05) is 6.54 Å². The summed E-state index contributed by atoms with van der Waals surface area (Å²) in [4.78, 5) is 3.56. The van der Waals surface area contributed by atoms with Gasteiger partial charge in [-0.15, -0.1) is 0 Å². The summed E-state index contributed by atoms with van der Waals surface area (Å²) < 4.78 is 0. The van der Waals surface area contributed by atoms with Gasteiger partial charge in [0.1, 0.15) is 0 Å². The Balaban J connectivity index is 2.15. The Kier molecular flexibility index (Phi) is 3.33. The topological polar surface area (TPSA) is 41.8 Å². The minimum atomic E-state index is 0.226. The fourth-order valence-corrected chi connectivity index (χ4v) is 2.92. The van der Waals surface area contributed by atoms with Crippen molar-refractivity contribution in [2.45, 2.75) is 19.8 Å². The van der Waals surface area contributed by atoms with E-state index in [0.717, 1.165) is 0 Å². The molecule has 3 rings (SSSR count). The molecule has 0 radical (unpaired) electrons. The summed E-state index contributed by atoms with van der Waals surface area (Å²) in [6, 6.07) is 17.0. The first-order valence-corrected chi connectivity index (χ1v) is 7.04.